The number of ether oxygens (including phenoxy) is 1. The van der Waals surface area contributed by atoms with Gasteiger partial charge in [0.2, 0.25) is 5.91 Å². The van der Waals surface area contributed by atoms with Gasteiger partial charge < -0.3 is 10.1 Å². The van der Waals surface area contributed by atoms with Gasteiger partial charge in [0.15, 0.2) is 5.78 Å². The summed E-state index contributed by atoms with van der Waals surface area (Å²) in [6.45, 7) is 1.93. The Morgan fingerprint density at radius 3 is 2.79 bits per heavy atom. The third kappa shape index (κ3) is 3.39. The third-order valence-corrected chi connectivity index (χ3v) is 7.42. The number of hydrogen-bond donors (Lipinski definition) is 1. The number of ketones is 1. The average molecular weight is 411 g/mol. The topological polar surface area (TPSA) is 55.4 Å². The largest absolute Gasteiger partial charge is 0.487 e. The van der Waals surface area contributed by atoms with E-state index in [1.165, 1.54) is 30.4 Å². The van der Waals surface area contributed by atoms with Crippen molar-refractivity contribution in [3.63, 3.8) is 0 Å². The van der Waals surface area contributed by atoms with E-state index < -0.39 is 0 Å². The molecule has 0 radical (unpaired) electrons. The highest BCUT2D eigenvalue weighted by atomic mass is 32.1. The van der Waals surface area contributed by atoms with Gasteiger partial charge >= 0.3 is 0 Å². The van der Waals surface area contributed by atoms with Crippen LogP contribution >= 0.6 is 11.3 Å². The first-order chi connectivity index (χ1) is 14.0. The molecule has 150 valence electrons. The number of allylic oxidation sites excluding steroid dienone is 2. The van der Waals surface area contributed by atoms with Crippen molar-refractivity contribution in [2.75, 3.05) is 6.54 Å². The molecule has 1 saturated carbocycles. The maximum absolute atomic E-state index is 14.2. The second-order valence-electron chi connectivity index (χ2n) is 8.24. The molecule has 1 fully saturated rings. The van der Waals surface area contributed by atoms with E-state index in [4.69, 9.17) is 4.74 Å². The summed E-state index contributed by atoms with van der Waals surface area (Å²) in [6.07, 6.45) is 6.77. The van der Waals surface area contributed by atoms with Gasteiger partial charge in [0.05, 0.1) is 11.4 Å². The SMILES string of the molecule is CC(=O)c1ccc(-c2cc(F)cc3c2O[C@@H](CNC(=O)[C@@H]2C[C@@H]4C=C[C@H]2C4)C3)s1. The standard InChI is InChI=1S/C23H22FNO3S/c1-12(26)20-4-5-21(29-20)19-10-16(24)8-15-9-17(28-22(15)19)11-25-23(27)18-7-13-2-3-14(18)6-13/h2-5,8,10,13-14,17-18H,6-7,9,11H2,1H3,(H,25,27)/t13-,14+,17-,18-/m1/s1. The van der Waals surface area contributed by atoms with Crippen molar-refractivity contribution >= 4 is 23.0 Å². The van der Waals surface area contributed by atoms with Crippen molar-refractivity contribution in [1.82, 2.24) is 5.32 Å². The van der Waals surface area contributed by atoms with E-state index in [1.807, 2.05) is 6.07 Å². The molecule has 1 amide bonds. The lowest BCUT2D eigenvalue weighted by molar-refractivity contribution is -0.126. The van der Waals surface area contributed by atoms with Gasteiger partial charge in [0.25, 0.3) is 0 Å². The Balaban J connectivity index is 1.29. The van der Waals surface area contributed by atoms with Gasteiger partial charge in [-0.3, -0.25) is 9.59 Å². The van der Waals surface area contributed by atoms with Crippen LogP contribution in [0, 0.1) is 23.6 Å². The van der Waals surface area contributed by atoms with Crippen molar-refractivity contribution < 1.29 is 18.7 Å². The second kappa shape index (κ2) is 7.10. The van der Waals surface area contributed by atoms with Crippen molar-refractivity contribution in [3.05, 3.63) is 52.7 Å². The van der Waals surface area contributed by atoms with Crippen molar-refractivity contribution in [1.29, 1.82) is 0 Å². The number of halogens is 1. The molecule has 0 spiro atoms. The Kier molecular flexibility index (Phi) is 4.54. The summed E-state index contributed by atoms with van der Waals surface area (Å²) in [4.78, 5) is 25.6. The molecule has 1 aliphatic heterocycles. The molecule has 4 nitrogen and oxygen atoms in total. The third-order valence-electron chi connectivity index (χ3n) is 6.20. The zero-order chi connectivity index (χ0) is 20.1. The first-order valence-electron chi connectivity index (χ1n) is 10.0. The van der Waals surface area contributed by atoms with Crippen LogP contribution in [-0.4, -0.2) is 24.3 Å². The Hall–Kier alpha value is -2.47. The van der Waals surface area contributed by atoms with E-state index in [-0.39, 0.29) is 29.5 Å². The fraction of sp³-hybridized carbons (Fsp3) is 0.391. The smallest absolute Gasteiger partial charge is 0.223 e. The highest BCUT2D eigenvalue weighted by Crippen LogP contribution is 2.44. The predicted octanol–water partition coefficient (Wildman–Crippen LogP) is 4.39. The minimum Gasteiger partial charge on any atom is -0.487 e. The maximum Gasteiger partial charge on any atom is 0.223 e. The molecule has 0 unspecified atom stereocenters. The van der Waals surface area contributed by atoms with E-state index in [9.17, 15) is 14.0 Å². The van der Waals surface area contributed by atoms with Crippen molar-refractivity contribution in [3.8, 4) is 16.2 Å². The van der Waals surface area contributed by atoms with Gasteiger partial charge in [-0.1, -0.05) is 12.2 Å². The summed E-state index contributed by atoms with van der Waals surface area (Å²) < 4.78 is 20.3. The van der Waals surface area contributed by atoms with E-state index in [0.29, 0.717) is 41.0 Å². The molecule has 2 aromatic rings. The number of fused-ring (bicyclic) bond motifs is 3. The van der Waals surface area contributed by atoms with Crippen LogP contribution in [0.5, 0.6) is 5.75 Å². The molecule has 2 bridgehead atoms. The lowest BCUT2D eigenvalue weighted by Gasteiger charge is -2.19. The number of amides is 1. The zero-order valence-electron chi connectivity index (χ0n) is 16.1. The van der Waals surface area contributed by atoms with E-state index >= 15 is 0 Å². The number of benzene rings is 1. The summed E-state index contributed by atoms with van der Waals surface area (Å²) in [7, 11) is 0. The number of carbonyl (C=O) groups is 2. The molecule has 29 heavy (non-hydrogen) atoms. The number of nitrogens with one attached hydrogen (secondary N) is 1. The number of carbonyl (C=O) groups excluding carboxylic acids is 2. The van der Waals surface area contributed by atoms with Gasteiger partial charge in [-0.15, -0.1) is 11.3 Å². The number of hydrogen-bond acceptors (Lipinski definition) is 4. The molecule has 4 atom stereocenters. The van der Waals surface area contributed by atoms with Gasteiger partial charge in [-0.2, -0.15) is 0 Å². The lowest BCUT2D eigenvalue weighted by Crippen LogP contribution is -2.39. The summed E-state index contributed by atoms with van der Waals surface area (Å²) in [5.41, 5.74) is 1.48. The molecule has 2 aliphatic carbocycles. The van der Waals surface area contributed by atoms with Gasteiger partial charge in [-0.05, 0) is 55.9 Å². The first-order valence-corrected chi connectivity index (χ1v) is 10.9. The Bertz CT molecular complexity index is 1030. The molecule has 3 aliphatic rings. The fourth-order valence-corrected chi connectivity index (χ4v) is 5.71. The van der Waals surface area contributed by atoms with Crippen LogP contribution in [0.4, 0.5) is 4.39 Å². The molecule has 1 aromatic heterocycles. The fourth-order valence-electron chi connectivity index (χ4n) is 4.79. The summed E-state index contributed by atoms with van der Waals surface area (Å²) in [5, 5.41) is 3.05. The van der Waals surface area contributed by atoms with E-state index in [1.54, 1.807) is 6.07 Å². The highest BCUT2D eigenvalue weighted by molar-refractivity contribution is 7.17. The number of Topliss-reactive ketones (excluding diaryl/α,β-unsaturated/α-hetero) is 1. The lowest BCUT2D eigenvalue weighted by atomic mass is 9.93. The Morgan fingerprint density at radius 1 is 1.24 bits per heavy atom. The van der Waals surface area contributed by atoms with Crippen LogP contribution in [0.25, 0.3) is 10.4 Å². The predicted molar refractivity (Wildman–Crippen MR) is 110 cm³/mol. The summed E-state index contributed by atoms with van der Waals surface area (Å²) in [6, 6.07) is 6.55. The minimum atomic E-state index is -0.321. The van der Waals surface area contributed by atoms with Crippen LogP contribution in [-0.2, 0) is 11.2 Å². The molecular weight excluding hydrogens is 389 g/mol. The van der Waals surface area contributed by atoms with Crippen molar-refractivity contribution in [2.24, 2.45) is 17.8 Å². The van der Waals surface area contributed by atoms with Crippen LogP contribution in [0.3, 0.4) is 0 Å². The monoisotopic (exact) mass is 411 g/mol. The van der Waals surface area contributed by atoms with Gasteiger partial charge in [-0.25, -0.2) is 4.39 Å². The zero-order valence-corrected chi connectivity index (χ0v) is 16.9. The van der Waals surface area contributed by atoms with Crippen LogP contribution in [0.1, 0.15) is 35.0 Å². The molecule has 0 saturated heterocycles. The highest BCUT2D eigenvalue weighted by Gasteiger charge is 2.40. The molecule has 2 heterocycles. The number of rotatable bonds is 5. The Labute approximate surface area is 172 Å². The van der Waals surface area contributed by atoms with Crippen LogP contribution in [0.15, 0.2) is 36.4 Å². The first kappa shape index (κ1) is 18.6. The second-order valence-corrected chi connectivity index (χ2v) is 9.32. The molecule has 6 heteroatoms. The Morgan fingerprint density at radius 2 is 2.10 bits per heavy atom. The summed E-state index contributed by atoms with van der Waals surface area (Å²) in [5.74, 6) is 1.42. The van der Waals surface area contributed by atoms with E-state index in [0.717, 1.165) is 23.3 Å². The van der Waals surface area contributed by atoms with Crippen LogP contribution in [0.2, 0.25) is 0 Å². The number of thiophene rings is 1. The van der Waals surface area contributed by atoms with Gasteiger partial charge in [0.1, 0.15) is 17.7 Å². The quantitative estimate of drug-likeness (QED) is 0.587. The molecule has 1 aromatic carbocycles. The molecule has 1 N–H and O–H groups in total. The van der Waals surface area contributed by atoms with Crippen molar-refractivity contribution in [2.45, 2.75) is 32.3 Å². The molecule has 5 rings (SSSR count). The summed E-state index contributed by atoms with van der Waals surface area (Å²) >= 11 is 1.34. The van der Waals surface area contributed by atoms with Crippen LogP contribution < -0.4 is 10.1 Å². The minimum absolute atomic E-state index is 0.00809. The maximum atomic E-state index is 14.2. The van der Waals surface area contributed by atoms with E-state index in [2.05, 4.69) is 17.5 Å². The average Bonchev–Trinajstić information content (AvgIpc) is 3.48. The molecular formula is C23H22FNO3S. The normalized spacial score (nSPS) is 26.4. The van der Waals surface area contributed by atoms with Gasteiger partial charge in [0, 0.05) is 28.3 Å².